The summed E-state index contributed by atoms with van der Waals surface area (Å²) in [6.07, 6.45) is -5.41. The van der Waals surface area contributed by atoms with Crippen LogP contribution in [-0.4, -0.2) is 10.1 Å². The number of hydrogen-bond acceptors (Lipinski definition) is 2. The highest BCUT2D eigenvalue weighted by Crippen LogP contribution is 2.32. The molecule has 0 bridgehead atoms. The van der Waals surface area contributed by atoms with Gasteiger partial charge in [-0.15, -0.1) is 0 Å². The molecule has 1 atom stereocenters. The maximum atomic E-state index is 12.6. The number of alkyl halides is 3. The predicted octanol–water partition coefficient (Wildman–Crippen LogP) is 3.80. The summed E-state index contributed by atoms with van der Waals surface area (Å²) in [5.74, 6) is 0. The van der Waals surface area contributed by atoms with Crippen molar-refractivity contribution < 1.29 is 18.3 Å². The molecular weight excluding hydrogens is 267 g/mol. The summed E-state index contributed by atoms with van der Waals surface area (Å²) in [6, 6.07) is 8.49. The molecule has 2 aromatic rings. The van der Waals surface area contributed by atoms with E-state index >= 15 is 0 Å². The molecule has 0 fully saturated rings. The van der Waals surface area contributed by atoms with Gasteiger partial charge in [0.05, 0.1) is 11.3 Å². The van der Waals surface area contributed by atoms with E-state index in [0.717, 1.165) is 17.8 Å². The number of nitrogens with zero attached hydrogens (tertiary/aromatic N) is 1. The molecule has 5 heteroatoms. The van der Waals surface area contributed by atoms with Crippen LogP contribution < -0.4 is 0 Å². The van der Waals surface area contributed by atoms with Gasteiger partial charge in [-0.05, 0) is 49.2 Å². The van der Waals surface area contributed by atoms with E-state index in [0.29, 0.717) is 16.8 Å². The van der Waals surface area contributed by atoms with Crippen molar-refractivity contribution in [3.63, 3.8) is 0 Å². The van der Waals surface area contributed by atoms with Crippen LogP contribution in [0.3, 0.4) is 0 Å². The Morgan fingerprint density at radius 1 is 1.10 bits per heavy atom. The molecule has 0 amide bonds. The number of benzene rings is 1. The maximum absolute atomic E-state index is 12.6. The van der Waals surface area contributed by atoms with Gasteiger partial charge in [0.15, 0.2) is 0 Å². The molecule has 1 unspecified atom stereocenters. The molecule has 1 aromatic heterocycles. The van der Waals surface area contributed by atoms with E-state index in [4.69, 9.17) is 0 Å². The number of aliphatic hydroxyl groups excluding tert-OH is 1. The lowest BCUT2D eigenvalue weighted by atomic mass is 9.98. The van der Waals surface area contributed by atoms with Crippen LogP contribution in [-0.2, 0) is 6.18 Å². The maximum Gasteiger partial charge on any atom is 0.416 e. The van der Waals surface area contributed by atoms with Crippen molar-refractivity contribution in [2.24, 2.45) is 0 Å². The van der Waals surface area contributed by atoms with Crippen LogP contribution in [0.1, 0.15) is 34.2 Å². The summed E-state index contributed by atoms with van der Waals surface area (Å²) in [6.45, 7) is 3.33. The summed E-state index contributed by atoms with van der Waals surface area (Å²) in [5, 5.41) is 10.2. The van der Waals surface area contributed by atoms with Gasteiger partial charge in [0.2, 0.25) is 0 Å². The Morgan fingerprint density at radius 2 is 1.80 bits per heavy atom. The quantitative estimate of drug-likeness (QED) is 0.908. The molecule has 106 valence electrons. The van der Waals surface area contributed by atoms with Crippen LogP contribution >= 0.6 is 0 Å². The Balaban J connectivity index is 2.38. The third kappa shape index (κ3) is 2.99. The fourth-order valence-corrected chi connectivity index (χ4v) is 2.03. The lowest BCUT2D eigenvalue weighted by Crippen LogP contribution is -2.09. The third-order valence-corrected chi connectivity index (χ3v) is 3.08. The van der Waals surface area contributed by atoms with Gasteiger partial charge < -0.3 is 5.11 Å². The van der Waals surface area contributed by atoms with Crippen molar-refractivity contribution in [2.75, 3.05) is 0 Å². The van der Waals surface area contributed by atoms with Crippen molar-refractivity contribution in [1.29, 1.82) is 0 Å². The lowest BCUT2D eigenvalue weighted by molar-refractivity contribution is -0.137. The SMILES string of the molecule is Cc1cccc(C(O)c2ccc(C(F)(F)F)cc2C)n1. The Hall–Kier alpha value is -1.88. The zero-order chi connectivity index (χ0) is 14.9. The Kier molecular flexibility index (Phi) is 3.81. The first kappa shape index (κ1) is 14.5. The van der Waals surface area contributed by atoms with Crippen molar-refractivity contribution in [3.05, 3.63) is 64.5 Å². The van der Waals surface area contributed by atoms with Gasteiger partial charge >= 0.3 is 6.18 Å². The predicted molar refractivity (Wildman–Crippen MR) is 69.2 cm³/mol. The molecule has 1 N–H and O–H groups in total. The van der Waals surface area contributed by atoms with Gasteiger partial charge in [-0.3, -0.25) is 4.98 Å². The molecule has 0 saturated carbocycles. The number of pyridine rings is 1. The first-order valence-electron chi connectivity index (χ1n) is 6.08. The number of aryl methyl sites for hydroxylation is 2. The number of rotatable bonds is 2. The van der Waals surface area contributed by atoms with Gasteiger partial charge in [-0.25, -0.2) is 0 Å². The Bertz CT molecular complexity index is 623. The largest absolute Gasteiger partial charge is 0.416 e. The highest BCUT2D eigenvalue weighted by Gasteiger charge is 2.31. The van der Waals surface area contributed by atoms with Crippen LogP contribution in [0.2, 0.25) is 0 Å². The minimum Gasteiger partial charge on any atom is -0.382 e. The molecule has 0 aliphatic rings. The van der Waals surface area contributed by atoms with E-state index in [2.05, 4.69) is 4.98 Å². The van der Waals surface area contributed by atoms with E-state index in [1.165, 1.54) is 6.07 Å². The molecular formula is C15H14F3NO. The zero-order valence-corrected chi connectivity index (χ0v) is 11.1. The van der Waals surface area contributed by atoms with Crippen molar-refractivity contribution >= 4 is 0 Å². The molecule has 1 heterocycles. The fourth-order valence-electron chi connectivity index (χ4n) is 2.03. The van der Waals surface area contributed by atoms with Crippen LogP contribution in [0.5, 0.6) is 0 Å². The van der Waals surface area contributed by atoms with E-state index in [1.54, 1.807) is 32.0 Å². The van der Waals surface area contributed by atoms with Gasteiger partial charge in [0.1, 0.15) is 6.10 Å². The van der Waals surface area contributed by atoms with Gasteiger partial charge in [0, 0.05) is 5.69 Å². The van der Waals surface area contributed by atoms with Gasteiger partial charge in [-0.2, -0.15) is 13.2 Å². The highest BCUT2D eigenvalue weighted by atomic mass is 19.4. The molecule has 0 aliphatic heterocycles. The van der Waals surface area contributed by atoms with Crippen LogP contribution in [0.15, 0.2) is 36.4 Å². The smallest absolute Gasteiger partial charge is 0.382 e. The van der Waals surface area contributed by atoms with E-state index in [9.17, 15) is 18.3 Å². The standard InChI is InChI=1S/C15H14F3NO/c1-9-8-11(15(16,17)18)6-7-12(9)14(20)13-5-3-4-10(2)19-13/h3-8,14,20H,1-2H3. The van der Waals surface area contributed by atoms with Crippen molar-refractivity contribution in [3.8, 4) is 0 Å². The minimum absolute atomic E-state index is 0.385. The second-order valence-corrected chi connectivity index (χ2v) is 4.68. The number of aromatic nitrogens is 1. The van der Waals surface area contributed by atoms with E-state index < -0.39 is 17.8 Å². The number of hydrogen-bond donors (Lipinski definition) is 1. The number of aliphatic hydroxyl groups is 1. The molecule has 20 heavy (non-hydrogen) atoms. The topological polar surface area (TPSA) is 33.1 Å². The normalized spacial score (nSPS) is 13.3. The molecule has 0 saturated heterocycles. The van der Waals surface area contributed by atoms with E-state index in [1.807, 2.05) is 0 Å². The Morgan fingerprint density at radius 3 is 2.35 bits per heavy atom. The summed E-state index contributed by atoms with van der Waals surface area (Å²) in [7, 11) is 0. The molecule has 2 rings (SSSR count). The minimum atomic E-state index is -4.38. The van der Waals surface area contributed by atoms with Gasteiger partial charge in [0.25, 0.3) is 0 Å². The summed E-state index contributed by atoms with van der Waals surface area (Å²) >= 11 is 0. The second kappa shape index (κ2) is 5.25. The average molecular weight is 281 g/mol. The Labute approximate surface area is 114 Å². The molecule has 1 aromatic carbocycles. The van der Waals surface area contributed by atoms with Crippen molar-refractivity contribution in [1.82, 2.24) is 4.98 Å². The number of halogens is 3. The molecule has 2 nitrogen and oxygen atoms in total. The third-order valence-electron chi connectivity index (χ3n) is 3.08. The molecule has 0 aliphatic carbocycles. The van der Waals surface area contributed by atoms with Crippen molar-refractivity contribution in [2.45, 2.75) is 26.1 Å². The van der Waals surface area contributed by atoms with Crippen LogP contribution in [0, 0.1) is 13.8 Å². The fraction of sp³-hybridized carbons (Fsp3) is 0.267. The second-order valence-electron chi connectivity index (χ2n) is 4.68. The van der Waals surface area contributed by atoms with Gasteiger partial charge in [-0.1, -0.05) is 12.1 Å². The first-order chi connectivity index (χ1) is 9.29. The zero-order valence-electron chi connectivity index (χ0n) is 11.1. The van der Waals surface area contributed by atoms with Crippen LogP contribution in [0.25, 0.3) is 0 Å². The van der Waals surface area contributed by atoms with Crippen LogP contribution in [0.4, 0.5) is 13.2 Å². The highest BCUT2D eigenvalue weighted by molar-refractivity contribution is 5.37. The van der Waals surface area contributed by atoms with E-state index in [-0.39, 0.29) is 0 Å². The molecule has 0 spiro atoms. The summed E-state index contributed by atoms with van der Waals surface area (Å²) in [5.41, 5.74) is 1.26. The molecule has 0 radical (unpaired) electrons. The monoisotopic (exact) mass is 281 g/mol. The summed E-state index contributed by atoms with van der Waals surface area (Å²) < 4.78 is 37.8. The average Bonchev–Trinajstić information content (AvgIpc) is 2.36. The summed E-state index contributed by atoms with van der Waals surface area (Å²) in [4.78, 5) is 4.19. The first-order valence-corrected chi connectivity index (χ1v) is 6.08. The lowest BCUT2D eigenvalue weighted by Gasteiger charge is -2.16.